The van der Waals surface area contributed by atoms with E-state index in [9.17, 15) is 4.79 Å². The van der Waals surface area contributed by atoms with E-state index >= 15 is 0 Å². The zero-order valence-corrected chi connectivity index (χ0v) is 22.7. The first-order chi connectivity index (χ1) is 18.6. The Hall–Kier alpha value is -2.45. The van der Waals surface area contributed by atoms with Gasteiger partial charge in [-0.2, -0.15) is 0 Å². The highest BCUT2D eigenvalue weighted by Gasteiger charge is 2.53. The molecule has 1 aliphatic heterocycles. The van der Waals surface area contributed by atoms with Gasteiger partial charge >= 0.3 is 5.97 Å². The molecule has 202 valence electrons. The third kappa shape index (κ3) is 7.79. The number of carbonyl (C=O) groups excluding carboxylic acids is 1. The van der Waals surface area contributed by atoms with Crippen molar-refractivity contribution in [3.63, 3.8) is 0 Å². The number of carbonyl (C=O) groups is 1. The minimum Gasteiger partial charge on any atom is -0.469 e. The third-order valence-corrected chi connectivity index (χ3v) is 6.91. The highest BCUT2D eigenvalue weighted by Crippen LogP contribution is 2.36. The molecule has 1 heterocycles. The summed E-state index contributed by atoms with van der Waals surface area (Å²) in [6, 6.07) is 29.3. The lowest BCUT2D eigenvalue weighted by Gasteiger charge is -2.45. The summed E-state index contributed by atoms with van der Waals surface area (Å²) in [5, 5.41) is 0. The lowest BCUT2D eigenvalue weighted by molar-refractivity contribution is -0.245. The van der Waals surface area contributed by atoms with Gasteiger partial charge in [0, 0.05) is 0 Å². The zero-order chi connectivity index (χ0) is 26.7. The Bertz CT molecular complexity index is 1100. The van der Waals surface area contributed by atoms with E-state index in [4.69, 9.17) is 46.9 Å². The van der Waals surface area contributed by atoms with Crippen LogP contribution < -0.4 is 0 Å². The number of hydrogen-bond donors (Lipinski definition) is 0. The minimum absolute atomic E-state index is 0.185. The van der Waals surface area contributed by atoms with Crippen molar-refractivity contribution in [1.29, 1.82) is 0 Å². The molecule has 0 unspecified atom stereocenters. The van der Waals surface area contributed by atoms with Gasteiger partial charge in [0.25, 0.3) is 0 Å². The van der Waals surface area contributed by atoms with E-state index in [0.29, 0.717) is 13.2 Å². The fraction of sp³-hybridized carbons (Fsp3) is 0.367. The number of rotatable bonds is 12. The smallest absolute Gasteiger partial charge is 0.314 e. The summed E-state index contributed by atoms with van der Waals surface area (Å²) < 4.78 is 30.3. The van der Waals surface area contributed by atoms with Gasteiger partial charge in [0.15, 0.2) is 0 Å². The number of benzene rings is 3. The van der Waals surface area contributed by atoms with Gasteiger partial charge in [-0.25, -0.2) is 0 Å². The normalized spacial score (nSPS) is 23.3. The second-order valence-electron chi connectivity index (χ2n) is 9.05. The zero-order valence-electron chi connectivity index (χ0n) is 21.2. The van der Waals surface area contributed by atoms with E-state index in [1.807, 2.05) is 91.0 Å². The first kappa shape index (κ1) is 28.6. The first-order valence-electron chi connectivity index (χ1n) is 12.5. The number of esters is 1. The fourth-order valence-electron chi connectivity index (χ4n) is 4.52. The Kier molecular flexibility index (Phi) is 11.0. The van der Waals surface area contributed by atoms with Gasteiger partial charge in [-0.05, 0) is 16.7 Å². The van der Waals surface area contributed by atoms with Crippen LogP contribution in [0.1, 0.15) is 16.7 Å². The van der Waals surface area contributed by atoms with Crippen molar-refractivity contribution in [3.05, 3.63) is 108 Å². The van der Waals surface area contributed by atoms with E-state index in [1.165, 1.54) is 7.11 Å². The standard InChI is InChI=1S/C30H32Cl2O6/c1-34-30(33)25-27(37-19-23-15-9-4-10-16-23)26(36-18-22-13-7-3-8-14-22)24(38-28(25)29(31)32)20-35-17-21-11-5-2-6-12-21/h2-16,24-29H,17-20H2,1H3/t24-,25-,26-,27-,28+/m1/s1. The molecule has 0 aliphatic carbocycles. The molecular formula is C30H32Cl2O6. The van der Waals surface area contributed by atoms with Gasteiger partial charge < -0.3 is 23.7 Å². The fourth-order valence-corrected chi connectivity index (χ4v) is 4.95. The Balaban J connectivity index is 1.60. The van der Waals surface area contributed by atoms with Gasteiger partial charge in [0.05, 0.1) is 33.5 Å². The van der Waals surface area contributed by atoms with E-state index in [0.717, 1.165) is 16.7 Å². The largest absolute Gasteiger partial charge is 0.469 e. The predicted molar refractivity (Wildman–Crippen MR) is 146 cm³/mol. The monoisotopic (exact) mass is 558 g/mol. The SMILES string of the molecule is COC(=O)[C@@H]1[C@@H](OCc2ccccc2)[C@H](OCc2ccccc2)[C@@H](COCc2ccccc2)O[C@@H]1C(Cl)Cl. The topological polar surface area (TPSA) is 63.2 Å². The quantitative estimate of drug-likeness (QED) is 0.209. The molecule has 1 fully saturated rings. The maximum absolute atomic E-state index is 13.0. The van der Waals surface area contributed by atoms with Crippen molar-refractivity contribution in [2.45, 2.75) is 49.1 Å². The van der Waals surface area contributed by atoms with E-state index < -0.39 is 41.1 Å². The number of methoxy groups -OCH3 is 1. The summed E-state index contributed by atoms with van der Waals surface area (Å²) in [6.45, 7) is 1.12. The van der Waals surface area contributed by atoms with Crippen LogP contribution in [0.5, 0.6) is 0 Å². The van der Waals surface area contributed by atoms with Crippen LogP contribution in [-0.4, -0.2) is 48.9 Å². The average Bonchev–Trinajstić information content (AvgIpc) is 2.96. The third-order valence-electron chi connectivity index (χ3n) is 6.42. The lowest BCUT2D eigenvalue weighted by atomic mass is 9.86. The summed E-state index contributed by atoms with van der Waals surface area (Å²) in [6.07, 6.45) is -2.90. The van der Waals surface area contributed by atoms with E-state index in [2.05, 4.69) is 0 Å². The molecule has 0 bridgehead atoms. The number of hydrogen-bond acceptors (Lipinski definition) is 6. The molecular weight excluding hydrogens is 527 g/mol. The van der Waals surface area contributed by atoms with Crippen LogP contribution >= 0.6 is 23.2 Å². The molecule has 0 amide bonds. The molecule has 0 saturated carbocycles. The highest BCUT2D eigenvalue weighted by molar-refractivity contribution is 6.44. The Morgan fingerprint density at radius 1 is 0.763 bits per heavy atom. The Labute approximate surface area is 233 Å². The summed E-state index contributed by atoms with van der Waals surface area (Å²) in [7, 11) is 1.32. The van der Waals surface area contributed by atoms with Crippen LogP contribution in [0.25, 0.3) is 0 Å². The molecule has 5 atom stereocenters. The molecule has 0 N–H and O–H groups in total. The molecule has 6 nitrogen and oxygen atoms in total. The van der Waals surface area contributed by atoms with Crippen molar-refractivity contribution < 1.29 is 28.5 Å². The molecule has 4 rings (SSSR count). The van der Waals surface area contributed by atoms with Crippen molar-refractivity contribution in [2.75, 3.05) is 13.7 Å². The second-order valence-corrected chi connectivity index (χ2v) is 10.2. The van der Waals surface area contributed by atoms with Crippen molar-refractivity contribution in [1.82, 2.24) is 0 Å². The molecule has 3 aromatic carbocycles. The minimum atomic E-state index is -1.01. The van der Waals surface area contributed by atoms with Crippen molar-refractivity contribution >= 4 is 29.2 Å². The Morgan fingerprint density at radius 3 is 1.71 bits per heavy atom. The number of alkyl halides is 2. The molecule has 3 aromatic rings. The maximum Gasteiger partial charge on any atom is 0.314 e. The van der Waals surface area contributed by atoms with Gasteiger partial charge in [0.1, 0.15) is 35.2 Å². The van der Waals surface area contributed by atoms with Gasteiger partial charge in [0.2, 0.25) is 0 Å². The molecule has 1 aliphatic rings. The number of ether oxygens (including phenoxy) is 5. The van der Waals surface area contributed by atoms with Gasteiger partial charge in [-0.15, -0.1) is 23.2 Å². The molecule has 8 heteroatoms. The molecule has 0 spiro atoms. The van der Waals surface area contributed by atoms with Gasteiger partial charge in [-0.1, -0.05) is 91.0 Å². The molecule has 38 heavy (non-hydrogen) atoms. The molecule has 0 radical (unpaired) electrons. The maximum atomic E-state index is 13.0. The highest BCUT2D eigenvalue weighted by atomic mass is 35.5. The van der Waals surface area contributed by atoms with Crippen LogP contribution in [0, 0.1) is 5.92 Å². The average molecular weight is 559 g/mol. The van der Waals surface area contributed by atoms with Crippen molar-refractivity contribution in [2.24, 2.45) is 5.92 Å². The van der Waals surface area contributed by atoms with E-state index in [1.54, 1.807) is 0 Å². The molecule has 1 saturated heterocycles. The van der Waals surface area contributed by atoms with Crippen molar-refractivity contribution in [3.8, 4) is 0 Å². The van der Waals surface area contributed by atoms with Crippen LogP contribution in [-0.2, 0) is 48.3 Å². The summed E-state index contributed by atoms with van der Waals surface area (Å²) in [5.74, 6) is -1.44. The van der Waals surface area contributed by atoms with Crippen LogP contribution in [0.4, 0.5) is 0 Å². The summed E-state index contributed by atoms with van der Waals surface area (Å²) >= 11 is 12.7. The summed E-state index contributed by atoms with van der Waals surface area (Å²) in [5.41, 5.74) is 2.95. The van der Waals surface area contributed by atoms with Crippen LogP contribution in [0.3, 0.4) is 0 Å². The van der Waals surface area contributed by atoms with Gasteiger partial charge in [-0.3, -0.25) is 4.79 Å². The van der Waals surface area contributed by atoms with Crippen LogP contribution in [0.15, 0.2) is 91.0 Å². The predicted octanol–water partition coefficient (Wildman–Crippen LogP) is 5.73. The summed E-state index contributed by atoms with van der Waals surface area (Å²) in [4.78, 5) is 12.0. The Morgan fingerprint density at radius 2 is 1.24 bits per heavy atom. The molecule has 0 aromatic heterocycles. The van der Waals surface area contributed by atoms with Crippen LogP contribution in [0.2, 0.25) is 0 Å². The number of halogens is 2. The first-order valence-corrected chi connectivity index (χ1v) is 13.4. The second kappa shape index (κ2) is 14.6. The lowest BCUT2D eigenvalue weighted by Crippen LogP contribution is -2.61. The van der Waals surface area contributed by atoms with E-state index in [-0.39, 0.29) is 13.2 Å².